The Kier molecular flexibility index (Phi) is 97.4. The summed E-state index contributed by atoms with van der Waals surface area (Å²) >= 11 is 4.66. The fourth-order valence-electron chi connectivity index (χ4n) is 2.79. The van der Waals surface area contributed by atoms with E-state index in [-0.39, 0.29) is 71.3 Å². The molecule has 1 amide bonds. The number of amides is 1. The number of hydrogen-bond acceptors (Lipinski definition) is 2. The van der Waals surface area contributed by atoms with Gasteiger partial charge in [0.25, 0.3) is 0 Å². The van der Waals surface area contributed by atoms with E-state index < -0.39 is 0 Å². The minimum absolute atomic E-state index is 0. The first-order valence-corrected chi connectivity index (χ1v) is 19.1. The van der Waals surface area contributed by atoms with Crippen LogP contribution in [0.25, 0.3) is 0 Å². The van der Waals surface area contributed by atoms with E-state index in [1.54, 1.807) is 0 Å². The van der Waals surface area contributed by atoms with Gasteiger partial charge in [0.1, 0.15) is 0 Å². The van der Waals surface area contributed by atoms with Crippen molar-refractivity contribution in [1.82, 2.24) is 9.80 Å². The molecule has 2 aromatic carbocycles. The minimum Gasteiger partial charge on any atom is -0.459 e. The van der Waals surface area contributed by atoms with Crippen molar-refractivity contribution < 1.29 is 70.2 Å². The van der Waals surface area contributed by atoms with Gasteiger partial charge in [0, 0.05) is 78.5 Å². The van der Waals surface area contributed by atoms with Crippen molar-refractivity contribution in [2.24, 2.45) is 0 Å². The maximum atomic E-state index is 10.6. The van der Waals surface area contributed by atoms with Gasteiger partial charge in [-0.05, 0) is 52.1 Å². The number of nitrogens with zero attached hydrogens (tertiary/aromatic N) is 2. The maximum Gasteiger partial charge on any atom is 0.0823 e. The first kappa shape index (κ1) is 64.9. The van der Waals surface area contributed by atoms with Crippen LogP contribution in [-0.4, -0.2) is 43.8 Å². The van der Waals surface area contributed by atoms with Gasteiger partial charge in [-0.1, -0.05) is 127 Å². The molecule has 2 aliphatic rings. The molecule has 0 saturated carbocycles. The van der Waals surface area contributed by atoms with Crippen LogP contribution in [0.3, 0.4) is 0 Å². The number of hydrogen-bond donors (Lipinski definition) is 0. The molecule has 3 nitrogen and oxygen atoms in total. The van der Waals surface area contributed by atoms with Crippen molar-refractivity contribution in [3.8, 4) is 0 Å². The Morgan fingerprint density at radius 1 is 0.644 bits per heavy atom. The summed E-state index contributed by atoms with van der Waals surface area (Å²) in [5, 5.41) is 0. The van der Waals surface area contributed by atoms with E-state index in [9.17, 15) is 4.79 Å². The molecule has 262 valence electrons. The standard InChI is InChI=1S/C7H12NO.C6H12N.2C6H5.C3H8.C2H4I2.4C2H6.2Y/c1-7(9)8-5-3-2-4-6-8;1-7-5-3-2-4-6-7;2*1-2-4-6-5-3-1;1-3-2;1-2(3)4;4*1-2;;/h1-6H2;1-6H2;2*1-5H;3H2,1-2H3;2H,1H3;4*1-2H3;;/q4*-1;;;;;;;;. The van der Waals surface area contributed by atoms with Gasteiger partial charge in [0.15, 0.2) is 0 Å². The van der Waals surface area contributed by atoms with Gasteiger partial charge in [-0.25, -0.2) is 0 Å². The normalized spacial score (nSPS) is 11.8. The molecule has 0 N–H and O–H groups in total. The van der Waals surface area contributed by atoms with Gasteiger partial charge in [0.05, 0.1) is 7.84 Å². The second-order valence-electron chi connectivity index (χ2n) is 8.00. The van der Waals surface area contributed by atoms with Crippen molar-refractivity contribution in [3.63, 3.8) is 0 Å². The Labute approximate surface area is 362 Å². The van der Waals surface area contributed by atoms with Crippen molar-refractivity contribution >= 4 is 51.1 Å². The number of carbonyl (C=O) groups is 1. The first-order valence-electron chi connectivity index (χ1n) is 16.6. The van der Waals surface area contributed by atoms with Crippen molar-refractivity contribution in [2.75, 3.05) is 26.2 Å². The molecular formula is C38H70I2N2OY2-4. The molecule has 2 heterocycles. The predicted octanol–water partition coefficient (Wildman–Crippen LogP) is 12.8. The number of benzene rings is 2. The molecule has 4 rings (SSSR count). The molecule has 2 aromatic rings. The van der Waals surface area contributed by atoms with Crippen LogP contribution in [-0.2, 0) is 70.2 Å². The quantitative estimate of drug-likeness (QED) is 0.149. The molecule has 0 spiro atoms. The summed E-state index contributed by atoms with van der Waals surface area (Å²) < 4.78 is 0.773. The number of likely N-dealkylation sites (tertiary alicyclic amines) is 2. The monoisotopic (exact) mass is 1000 g/mol. The Morgan fingerprint density at radius 2 is 0.889 bits per heavy atom. The van der Waals surface area contributed by atoms with Crippen LogP contribution in [0.15, 0.2) is 60.7 Å². The van der Waals surface area contributed by atoms with E-state index in [4.69, 9.17) is 0 Å². The van der Waals surface area contributed by atoms with Gasteiger partial charge in [-0.3, -0.25) is 7.05 Å². The number of alkyl halides is 2. The Hall–Kier alpha value is 1.41. The van der Waals surface area contributed by atoms with E-state index >= 15 is 0 Å². The fraction of sp³-hybridized carbons (Fsp3) is 0.605. The van der Waals surface area contributed by atoms with Gasteiger partial charge in [-0.15, -0.1) is 0 Å². The number of carbonyl (C=O) groups excluding carboxylic acids is 1. The predicted molar refractivity (Wildman–Crippen MR) is 216 cm³/mol. The first-order chi connectivity index (χ1) is 20.8. The Morgan fingerprint density at radius 3 is 1.00 bits per heavy atom. The molecule has 0 unspecified atom stereocenters. The summed E-state index contributed by atoms with van der Waals surface area (Å²) in [7, 11) is 3.83. The van der Waals surface area contributed by atoms with Crippen LogP contribution in [0.1, 0.15) is 121 Å². The number of rotatable bonds is 0. The Balaban J connectivity index is -0.0000000589. The molecular weight excluding hydrogens is 932 g/mol. The average Bonchev–Trinajstić information content (AvgIpc) is 3.08. The molecule has 0 bridgehead atoms. The third-order valence-electron chi connectivity index (χ3n) is 4.37. The van der Waals surface area contributed by atoms with Crippen LogP contribution in [0, 0.1) is 26.1 Å². The summed E-state index contributed by atoms with van der Waals surface area (Å²) in [5.41, 5.74) is 0. The largest absolute Gasteiger partial charge is 0.459 e. The zero-order valence-corrected chi connectivity index (χ0v) is 41.2. The summed E-state index contributed by atoms with van der Waals surface area (Å²) in [5.74, 6) is -0.0188. The molecule has 2 radical (unpaired) electrons. The average molecular weight is 1000 g/mol. The van der Waals surface area contributed by atoms with E-state index in [1.807, 2.05) is 121 Å². The van der Waals surface area contributed by atoms with Gasteiger partial charge < -0.3 is 21.5 Å². The van der Waals surface area contributed by atoms with Gasteiger partial charge in [-0.2, -0.15) is 72.8 Å². The third kappa shape index (κ3) is 76.7. The maximum absolute atomic E-state index is 10.6. The van der Waals surface area contributed by atoms with Crippen molar-refractivity contribution in [1.29, 1.82) is 0 Å². The van der Waals surface area contributed by atoms with E-state index in [2.05, 4.69) is 97.0 Å². The van der Waals surface area contributed by atoms with Crippen LogP contribution in [0.5, 0.6) is 0 Å². The van der Waals surface area contributed by atoms with E-state index in [0.717, 1.165) is 27.9 Å². The van der Waals surface area contributed by atoms with Crippen LogP contribution in [0.2, 0.25) is 0 Å². The zero-order chi connectivity index (χ0) is 34.6. The Bertz CT molecular complexity index is 555. The fourth-order valence-corrected chi connectivity index (χ4v) is 2.79. The summed E-state index contributed by atoms with van der Waals surface area (Å²) in [6.45, 7) is 30.0. The van der Waals surface area contributed by atoms with Crippen LogP contribution in [0.4, 0.5) is 0 Å². The van der Waals surface area contributed by atoms with Crippen molar-refractivity contribution in [2.45, 2.75) is 123 Å². The topological polar surface area (TPSA) is 23.6 Å². The summed E-state index contributed by atoms with van der Waals surface area (Å²) in [6, 6.07) is 25.0. The summed E-state index contributed by atoms with van der Waals surface area (Å²) in [6.07, 6.45) is 8.94. The van der Waals surface area contributed by atoms with Crippen LogP contribution >= 0.6 is 45.2 Å². The van der Waals surface area contributed by atoms with Crippen LogP contribution < -0.4 is 0 Å². The van der Waals surface area contributed by atoms with E-state index in [0.29, 0.717) is 0 Å². The number of halogens is 2. The second-order valence-corrected chi connectivity index (χ2v) is 14.1. The molecule has 0 aliphatic carbocycles. The molecule has 2 saturated heterocycles. The van der Waals surface area contributed by atoms with Gasteiger partial charge in [0.2, 0.25) is 0 Å². The van der Waals surface area contributed by atoms with E-state index in [1.165, 1.54) is 45.2 Å². The molecule has 45 heavy (non-hydrogen) atoms. The molecule has 0 atom stereocenters. The van der Waals surface area contributed by atoms with Crippen molar-refractivity contribution in [3.05, 3.63) is 86.8 Å². The molecule has 7 heteroatoms. The third-order valence-corrected chi connectivity index (χ3v) is 4.37. The molecule has 0 aromatic heterocycles. The summed E-state index contributed by atoms with van der Waals surface area (Å²) in [4.78, 5) is 14.6. The molecule has 2 fully saturated rings. The minimum atomic E-state index is -0.0188. The molecule has 2 aliphatic heterocycles. The second kappa shape index (κ2) is 67.6. The zero-order valence-electron chi connectivity index (χ0n) is 31.3. The van der Waals surface area contributed by atoms with Gasteiger partial charge >= 0.3 is 0 Å². The number of piperidine rings is 2. The SMILES string of the molecule is CC.CC.CC.CC.CC(I)I.CCC.[CH2-]C(=O)N1CCCCC1.[CH2-]N1CCCCC1.[Y].[Y].[c-]1ccccc1.[c-]1ccccc1. The smallest absolute Gasteiger partial charge is 0.0823 e.